The zero-order chi connectivity index (χ0) is 17.6. The van der Waals surface area contributed by atoms with E-state index in [1.54, 1.807) is 13.2 Å². The van der Waals surface area contributed by atoms with Crippen molar-refractivity contribution in [1.29, 1.82) is 0 Å². The standard InChI is InChI=1S/C19H23NO4S/c1-23-15-8-7-14(12-17-18(21)20-19(22)25-17)11-16(15)24-10-9-13-5-3-2-4-6-13/h7-8,11-13H,2-6,9-10H2,1H3,(H,20,21,22)/b17-12+. The molecule has 2 amide bonds. The summed E-state index contributed by atoms with van der Waals surface area (Å²) in [7, 11) is 1.61. The van der Waals surface area contributed by atoms with Gasteiger partial charge >= 0.3 is 0 Å². The van der Waals surface area contributed by atoms with Gasteiger partial charge in [0.05, 0.1) is 18.6 Å². The quantitative estimate of drug-likeness (QED) is 0.762. The molecule has 0 spiro atoms. The molecule has 0 radical (unpaired) electrons. The van der Waals surface area contributed by atoms with E-state index in [9.17, 15) is 9.59 Å². The molecule has 6 heteroatoms. The summed E-state index contributed by atoms with van der Waals surface area (Å²) < 4.78 is 11.3. The van der Waals surface area contributed by atoms with Crippen molar-refractivity contribution in [2.45, 2.75) is 38.5 Å². The third kappa shape index (κ3) is 4.78. The first-order valence-corrected chi connectivity index (χ1v) is 9.53. The number of hydrogen-bond donors (Lipinski definition) is 1. The van der Waals surface area contributed by atoms with Crippen molar-refractivity contribution in [2.24, 2.45) is 5.92 Å². The first-order chi connectivity index (χ1) is 12.2. The van der Waals surface area contributed by atoms with Gasteiger partial charge in [-0.05, 0) is 47.9 Å². The molecule has 134 valence electrons. The van der Waals surface area contributed by atoms with E-state index in [1.807, 2.05) is 18.2 Å². The van der Waals surface area contributed by atoms with Crippen LogP contribution in [0.4, 0.5) is 4.79 Å². The second-order valence-electron chi connectivity index (χ2n) is 6.40. The van der Waals surface area contributed by atoms with E-state index in [0.717, 1.165) is 29.7 Å². The highest BCUT2D eigenvalue weighted by Crippen LogP contribution is 2.32. The molecule has 1 heterocycles. The van der Waals surface area contributed by atoms with Crippen molar-refractivity contribution in [2.75, 3.05) is 13.7 Å². The lowest BCUT2D eigenvalue weighted by Crippen LogP contribution is -2.17. The predicted octanol–water partition coefficient (Wildman–Crippen LogP) is 4.37. The Labute approximate surface area is 152 Å². The monoisotopic (exact) mass is 361 g/mol. The van der Waals surface area contributed by atoms with Gasteiger partial charge in [-0.15, -0.1) is 0 Å². The highest BCUT2D eigenvalue weighted by atomic mass is 32.2. The maximum absolute atomic E-state index is 11.7. The zero-order valence-corrected chi connectivity index (χ0v) is 15.2. The number of imide groups is 1. The van der Waals surface area contributed by atoms with Gasteiger partial charge in [-0.1, -0.05) is 38.2 Å². The fourth-order valence-electron chi connectivity index (χ4n) is 3.28. The highest BCUT2D eigenvalue weighted by Gasteiger charge is 2.25. The van der Waals surface area contributed by atoms with Crippen LogP contribution in [0.25, 0.3) is 6.08 Å². The van der Waals surface area contributed by atoms with Crippen molar-refractivity contribution >= 4 is 29.0 Å². The van der Waals surface area contributed by atoms with E-state index in [2.05, 4.69) is 5.32 Å². The smallest absolute Gasteiger partial charge is 0.290 e. The first kappa shape index (κ1) is 17.9. The summed E-state index contributed by atoms with van der Waals surface area (Å²) in [6.07, 6.45) is 9.36. The van der Waals surface area contributed by atoms with Gasteiger partial charge in [0.2, 0.25) is 0 Å². The largest absolute Gasteiger partial charge is 0.493 e. The average molecular weight is 361 g/mol. The van der Waals surface area contributed by atoms with E-state index < -0.39 is 0 Å². The summed E-state index contributed by atoms with van der Waals surface area (Å²) in [4.78, 5) is 23.3. The van der Waals surface area contributed by atoms with Crippen LogP contribution in [0.3, 0.4) is 0 Å². The Morgan fingerprint density at radius 2 is 2.00 bits per heavy atom. The molecule has 0 atom stereocenters. The number of nitrogens with one attached hydrogen (secondary N) is 1. The molecule has 1 aromatic carbocycles. The molecule has 1 saturated heterocycles. The minimum atomic E-state index is -0.356. The van der Waals surface area contributed by atoms with Crippen LogP contribution in [0.15, 0.2) is 23.1 Å². The summed E-state index contributed by atoms with van der Waals surface area (Å²) in [6, 6.07) is 5.52. The first-order valence-electron chi connectivity index (χ1n) is 8.71. The SMILES string of the molecule is COc1ccc(/C=C2/SC(=O)NC2=O)cc1OCCC1CCCCC1. The van der Waals surface area contributed by atoms with Crippen LogP contribution in [-0.2, 0) is 4.79 Å². The third-order valence-corrected chi connectivity index (χ3v) is 5.45. The number of methoxy groups -OCH3 is 1. The van der Waals surface area contributed by atoms with Gasteiger partial charge in [-0.25, -0.2) is 0 Å². The number of carbonyl (C=O) groups excluding carboxylic acids is 2. The minimum absolute atomic E-state index is 0.339. The van der Waals surface area contributed by atoms with Crippen LogP contribution >= 0.6 is 11.8 Å². The lowest BCUT2D eigenvalue weighted by molar-refractivity contribution is -0.115. The van der Waals surface area contributed by atoms with Gasteiger partial charge in [0.15, 0.2) is 11.5 Å². The molecule has 1 aliphatic heterocycles. The molecule has 25 heavy (non-hydrogen) atoms. The molecule has 1 aliphatic carbocycles. The van der Waals surface area contributed by atoms with Crippen LogP contribution in [0.5, 0.6) is 11.5 Å². The van der Waals surface area contributed by atoms with E-state index in [0.29, 0.717) is 23.0 Å². The van der Waals surface area contributed by atoms with E-state index in [1.165, 1.54) is 32.1 Å². The lowest BCUT2D eigenvalue weighted by Gasteiger charge is -2.21. The topological polar surface area (TPSA) is 64.6 Å². The zero-order valence-electron chi connectivity index (χ0n) is 14.4. The van der Waals surface area contributed by atoms with Crippen LogP contribution < -0.4 is 14.8 Å². The number of rotatable bonds is 6. The molecule has 3 rings (SSSR count). The van der Waals surface area contributed by atoms with Gasteiger partial charge in [-0.3, -0.25) is 14.9 Å². The minimum Gasteiger partial charge on any atom is -0.493 e. The normalized spacial score (nSPS) is 20.0. The van der Waals surface area contributed by atoms with Gasteiger partial charge < -0.3 is 9.47 Å². The molecule has 0 aromatic heterocycles. The van der Waals surface area contributed by atoms with Crippen LogP contribution in [0.2, 0.25) is 0 Å². The summed E-state index contributed by atoms with van der Waals surface area (Å²) in [5, 5.41) is 1.92. The molecular formula is C19H23NO4S. The van der Waals surface area contributed by atoms with Gasteiger partial charge in [0.25, 0.3) is 11.1 Å². The Kier molecular flexibility index (Phi) is 6.02. The van der Waals surface area contributed by atoms with Crippen molar-refractivity contribution in [3.05, 3.63) is 28.7 Å². The van der Waals surface area contributed by atoms with E-state index >= 15 is 0 Å². The molecule has 0 unspecified atom stereocenters. The number of carbonyl (C=O) groups is 2. The highest BCUT2D eigenvalue weighted by molar-refractivity contribution is 8.18. The number of thioether (sulfide) groups is 1. The second kappa shape index (κ2) is 8.43. The van der Waals surface area contributed by atoms with Crippen molar-refractivity contribution in [1.82, 2.24) is 5.32 Å². The molecule has 1 N–H and O–H groups in total. The molecule has 2 aliphatic rings. The van der Waals surface area contributed by atoms with Crippen molar-refractivity contribution < 1.29 is 19.1 Å². The Morgan fingerprint density at radius 1 is 1.20 bits per heavy atom. The summed E-state index contributed by atoms with van der Waals surface area (Å²) in [5.41, 5.74) is 0.806. The molecule has 2 fully saturated rings. The summed E-state index contributed by atoms with van der Waals surface area (Å²) in [6.45, 7) is 0.661. The molecule has 1 aromatic rings. The van der Waals surface area contributed by atoms with Gasteiger partial charge in [0.1, 0.15) is 0 Å². The van der Waals surface area contributed by atoms with Crippen molar-refractivity contribution in [3.8, 4) is 11.5 Å². The maximum atomic E-state index is 11.7. The Morgan fingerprint density at radius 3 is 2.68 bits per heavy atom. The van der Waals surface area contributed by atoms with Crippen LogP contribution in [-0.4, -0.2) is 24.9 Å². The van der Waals surface area contributed by atoms with Crippen LogP contribution in [0.1, 0.15) is 44.1 Å². The number of hydrogen-bond acceptors (Lipinski definition) is 5. The third-order valence-electron chi connectivity index (χ3n) is 4.64. The van der Waals surface area contributed by atoms with Gasteiger partial charge in [-0.2, -0.15) is 0 Å². The molecule has 0 bridgehead atoms. The fourth-order valence-corrected chi connectivity index (χ4v) is 3.96. The Bertz CT molecular complexity index is 680. The van der Waals surface area contributed by atoms with E-state index in [4.69, 9.17) is 9.47 Å². The number of amides is 2. The number of ether oxygens (including phenoxy) is 2. The fraction of sp³-hybridized carbons (Fsp3) is 0.474. The summed E-state index contributed by atoms with van der Waals surface area (Å²) >= 11 is 0.910. The second-order valence-corrected chi connectivity index (χ2v) is 7.42. The summed E-state index contributed by atoms with van der Waals surface area (Å²) in [5.74, 6) is 1.74. The predicted molar refractivity (Wildman–Crippen MR) is 98.8 cm³/mol. The lowest BCUT2D eigenvalue weighted by atomic mass is 9.87. The number of benzene rings is 1. The van der Waals surface area contributed by atoms with Crippen LogP contribution in [0, 0.1) is 5.92 Å². The Hall–Kier alpha value is -1.95. The molecule has 5 nitrogen and oxygen atoms in total. The maximum Gasteiger partial charge on any atom is 0.290 e. The average Bonchev–Trinajstić information content (AvgIpc) is 2.93. The van der Waals surface area contributed by atoms with Crippen molar-refractivity contribution in [3.63, 3.8) is 0 Å². The van der Waals surface area contributed by atoms with Gasteiger partial charge in [0, 0.05) is 0 Å². The molecule has 1 saturated carbocycles. The van der Waals surface area contributed by atoms with E-state index in [-0.39, 0.29) is 11.1 Å². The Balaban J connectivity index is 1.66. The molecular weight excluding hydrogens is 338 g/mol.